The molecule has 1 heterocycles. The maximum Gasteiger partial charge on any atom is 0.293 e. The normalized spacial score (nSPS) is 25.2. The van der Waals surface area contributed by atoms with Crippen LogP contribution in [-0.2, 0) is 9.53 Å². The number of methoxy groups -OCH3 is 1. The number of rotatable bonds is 4. The molecule has 1 unspecified atom stereocenters. The van der Waals surface area contributed by atoms with Gasteiger partial charge in [-0.3, -0.25) is 0 Å². The molecule has 0 amide bonds. The molecule has 1 saturated heterocycles. The molecular formula is C8H15BNO2. The largest absolute Gasteiger partial charge is 0.384 e. The smallest absolute Gasteiger partial charge is 0.293 e. The van der Waals surface area contributed by atoms with Crippen LogP contribution in [0.15, 0.2) is 0 Å². The van der Waals surface area contributed by atoms with E-state index in [4.69, 9.17) is 4.74 Å². The third-order valence-electron chi connectivity index (χ3n) is 2.22. The maximum absolute atomic E-state index is 10.2. The van der Waals surface area contributed by atoms with Crippen molar-refractivity contribution < 1.29 is 9.53 Å². The van der Waals surface area contributed by atoms with Crippen molar-refractivity contribution in [2.45, 2.75) is 12.8 Å². The molecule has 0 bridgehead atoms. The topological polar surface area (TPSA) is 29.5 Å². The molecule has 0 aromatic rings. The molecule has 0 spiro atoms. The lowest BCUT2D eigenvalue weighted by molar-refractivity contribution is 0.118. The number of ether oxygens (including phenoxy) is 1. The average Bonchev–Trinajstić information content (AvgIpc) is 2.06. The van der Waals surface area contributed by atoms with E-state index in [1.165, 1.54) is 12.8 Å². The van der Waals surface area contributed by atoms with Crippen LogP contribution in [0.25, 0.3) is 0 Å². The molecule has 1 rings (SSSR count). The van der Waals surface area contributed by atoms with Gasteiger partial charge >= 0.3 is 0 Å². The number of piperidine rings is 1. The molecule has 1 aliphatic rings. The van der Waals surface area contributed by atoms with Crippen LogP contribution >= 0.6 is 0 Å². The first-order valence-electron chi connectivity index (χ1n) is 4.38. The molecule has 3 nitrogen and oxygen atoms in total. The minimum atomic E-state index is 0.597. The highest BCUT2D eigenvalue weighted by molar-refractivity contribution is 6.64. The van der Waals surface area contributed by atoms with Gasteiger partial charge in [-0.1, -0.05) is 0 Å². The van der Waals surface area contributed by atoms with Gasteiger partial charge in [-0.2, -0.15) is 0 Å². The van der Waals surface area contributed by atoms with Crippen LogP contribution in [0.3, 0.4) is 0 Å². The highest BCUT2D eigenvalue weighted by Gasteiger charge is 2.19. The van der Waals surface area contributed by atoms with E-state index < -0.39 is 0 Å². The Hall–Kier alpha value is -0.345. The van der Waals surface area contributed by atoms with Crippen LogP contribution in [0.5, 0.6) is 0 Å². The highest BCUT2D eigenvalue weighted by Crippen LogP contribution is 2.15. The van der Waals surface area contributed by atoms with E-state index in [0.29, 0.717) is 5.92 Å². The van der Waals surface area contributed by atoms with Crippen molar-refractivity contribution in [3.05, 3.63) is 0 Å². The van der Waals surface area contributed by atoms with Crippen LogP contribution < -0.4 is 0 Å². The summed E-state index contributed by atoms with van der Waals surface area (Å²) in [7, 11) is 3.35. The van der Waals surface area contributed by atoms with E-state index in [-0.39, 0.29) is 0 Å². The SMILES string of the molecule is COCC1CCCN([B]C=O)C1. The maximum atomic E-state index is 10.2. The fraction of sp³-hybridized carbons (Fsp3) is 0.875. The molecule has 1 radical (unpaired) electrons. The van der Waals surface area contributed by atoms with Crippen molar-refractivity contribution in [2.75, 3.05) is 26.8 Å². The molecular weight excluding hydrogens is 153 g/mol. The number of carbonyl (C=O) groups is 1. The van der Waals surface area contributed by atoms with Crippen molar-refractivity contribution in [3.63, 3.8) is 0 Å². The molecule has 1 fully saturated rings. The van der Waals surface area contributed by atoms with Crippen molar-refractivity contribution in [3.8, 4) is 0 Å². The van der Waals surface area contributed by atoms with E-state index in [2.05, 4.69) is 4.81 Å². The van der Waals surface area contributed by atoms with Gasteiger partial charge in [0.05, 0.1) is 12.8 Å². The first-order chi connectivity index (χ1) is 5.86. The number of hydrogen-bond donors (Lipinski definition) is 0. The zero-order valence-electron chi connectivity index (χ0n) is 7.53. The van der Waals surface area contributed by atoms with Gasteiger partial charge in [0, 0.05) is 7.11 Å². The highest BCUT2D eigenvalue weighted by atomic mass is 16.5. The van der Waals surface area contributed by atoms with Crippen LogP contribution in [0, 0.1) is 5.92 Å². The Bertz CT molecular complexity index is 141. The van der Waals surface area contributed by atoms with Crippen molar-refractivity contribution in [1.29, 1.82) is 0 Å². The molecule has 1 aliphatic heterocycles. The summed E-state index contributed by atoms with van der Waals surface area (Å²) in [6, 6.07) is 0. The minimum Gasteiger partial charge on any atom is -0.384 e. The van der Waals surface area contributed by atoms with Crippen LogP contribution in [0.1, 0.15) is 12.8 Å². The summed E-state index contributed by atoms with van der Waals surface area (Å²) < 4.78 is 5.08. The number of carbonyl (C=O) groups excluding carboxylic acids is 1. The molecule has 1 atom stereocenters. The third-order valence-corrected chi connectivity index (χ3v) is 2.22. The molecule has 0 aromatic heterocycles. The Morgan fingerprint density at radius 3 is 3.25 bits per heavy atom. The van der Waals surface area contributed by atoms with Gasteiger partial charge in [0.25, 0.3) is 7.41 Å². The quantitative estimate of drug-likeness (QED) is 0.442. The van der Waals surface area contributed by atoms with Gasteiger partial charge < -0.3 is 14.3 Å². The van der Waals surface area contributed by atoms with E-state index in [9.17, 15) is 4.79 Å². The molecule has 0 aromatic carbocycles. The second-order valence-corrected chi connectivity index (χ2v) is 3.24. The Balaban J connectivity index is 2.24. The first kappa shape index (κ1) is 9.74. The zero-order chi connectivity index (χ0) is 8.81. The summed E-state index contributed by atoms with van der Waals surface area (Å²) >= 11 is 0. The average molecular weight is 168 g/mol. The fourth-order valence-corrected chi connectivity index (χ4v) is 1.69. The molecule has 0 N–H and O–H groups in total. The van der Waals surface area contributed by atoms with Crippen molar-refractivity contribution in [2.24, 2.45) is 5.92 Å². The van der Waals surface area contributed by atoms with Gasteiger partial charge in [-0.05, 0) is 31.8 Å². The predicted molar refractivity (Wildman–Crippen MR) is 48.7 cm³/mol. The minimum absolute atomic E-state index is 0.597. The van der Waals surface area contributed by atoms with E-state index >= 15 is 0 Å². The second-order valence-electron chi connectivity index (χ2n) is 3.24. The Kier molecular flexibility index (Phi) is 4.32. The van der Waals surface area contributed by atoms with Gasteiger partial charge in [0.2, 0.25) is 0 Å². The summed E-state index contributed by atoms with van der Waals surface area (Å²) in [5, 5.41) is 0. The van der Waals surface area contributed by atoms with Gasteiger partial charge in [-0.25, -0.2) is 0 Å². The van der Waals surface area contributed by atoms with Crippen LogP contribution in [0.2, 0.25) is 0 Å². The van der Waals surface area contributed by atoms with Crippen LogP contribution in [0.4, 0.5) is 0 Å². The second kappa shape index (κ2) is 5.33. The zero-order valence-corrected chi connectivity index (χ0v) is 7.53. The molecule has 4 heteroatoms. The van der Waals surface area contributed by atoms with Gasteiger partial charge in [-0.15, -0.1) is 0 Å². The van der Waals surface area contributed by atoms with Gasteiger partial charge in [0.1, 0.15) is 0 Å². The first-order valence-corrected chi connectivity index (χ1v) is 4.38. The molecule has 67 valence electrons. The summed E-state index contributed by atoms with van der Waals surface area (Å²) in [5.41, 5.74) is 0. The summed E-state index contributed by atoms with van der Waals surface area (Å²) in [5.74, 6) is 0.597. The van der Waals surface area contributed by atoms with Gasteiger partial charge in [0.15, 0.2) is 0 Å². The summed E-state index contributed by atoms with van der Waals surface area (Å²) in [6.07, 6.45) is 3.24. The Morgan fingerprint density at radius 1 is 1.75 bits per heavy atom. The molecule has 0 saturated carbocycles. The van der Waals surface area contributed by atoms with E-state index in [1.807, 2.05) is 0 Å². The monoisotopic (exact) mass is 168 g/mol. The Morgan fingerprint density at radius 2 is 2.58 bits per heavy atom. The lowest BCUT2D eigenvalue weighted by Crippen LogP contribution is -2.40. The summed E-state index contributed by atoms with van der Waals surface area (Å²) in [4.78, 5) is 12.3. The lowest BCUT2D eigenvalue weighted by Gasteiger charge is -2.30. The molecule has 12 heavy (non-hydrogen) atoms. The van der Waals surface area contributed by atoms with E-state index in [1.54, 1.807) is 14.5 Å². The standard InChI is InChI=1S/C8H15BNO2/c1-12-6-8-3-2-4-10(5-8)9-7-11/h7-8H,2-6H2,1H3. The van der Waals surface area contributed by atoms with E-state index in [0.717, 1.165) is 25.9 Å². The number of hydrogen-bond acceptors (Lipinski definition) is 3. The Labute approximate surface area is 74.3 Å². The third kappa shape index (κ3) is 2.95. The fourth-order valence-electron chi connectivity index (χ4n) is 1.69. The molecule has 0 aliphatic carbocycles. The van der Waals surface area contributed by atoms with Crippen molar-refractivity contribution >= 4 is 13.6 Å². The van der Waals surface area contributed by atoms with Crippen LogP contribution in [-0.4, -0.2) is 45.2 Å². The predicted octanol–water partition coefficient (Wildman–Crippen LogP) is 0.154. The van der Waals surface area contributed by atoms with Crippen molar-refractivity contribution in [1.82, 2.24) is 4.81 Å². The lowest BCUT2D eigenvalue weighted by atomic mass is 9.87. The summed E-state index contributed by atoms with van der Waals surface area (Å²) in [6.45, 7) is 2.79. The number of nitrogens with zero attached hydrogens (tertiary/aromatic N) is 1.